The van der Waals surface area contributed by atoms with Crippen LogP contribution in [0.25, 0.3) is 22.2 Å². The van der Waals surface area contributed by atoms with E-state index < -0.39 is 23.3 Å². The first kappa shape index (κ1) is 23.4. The molecule has 184 valence electrons. The molecular formula is C25H22F2N6O3. The minimum Gasteiger partial charge on any atom is -0.463 e. The molecule has 0 radical (unpaired) electrons. The average molecular weight is 492 g/mol. The standard InChI is InChI=1S/C25H22F2N6O3/c1-31-6-8-32(9-7-31)17-4-2-16(3-5-17)29-24-18-12-21(28-13-22(18)33(30-24)25(35)36)23-19(26)10-15(14-34)11-20(23)27/h2-5,10-14H,6-9H2,1H3,(H,29,30)(H,35,36). The molecule has 0 atom stereocenters. The van der Waals surface area contributed by atoms with E-state index in [-0.39, 0.29) is 22.6 Å². The first-order chi connectivity index (χ1) is 17.3. The zero-order valence-corrected chi connectivity index (χ0v) is 19.3. The number of piperazine rings is 1. The minimum absolute atomic E-state index is 0.0617. The lowest BCUT2D eigenvalue weighted by molar-refractivity contribution is 0.112. The Morgan fingerprint density at radius 2 is 1.72 bits per heavy atom. The molecule has 3 heterocycles. The van der Waals surface area contributed by atoms with Gasteiger partial charge in [0.1, 0.15) is 23.4 Å². The highest BCUT2D eigenvalue weighted by Crippen LogP contribution is 2.32. The Morgan fingerprint density at radius 3 is 2.33 bits per heavy atom. The number of likely N-dealkylation sites (N-methyl/N-ethyl adjacent to an activating group) is 1. The van der Waals surface area contributed by atoms with Gasteiger partial charge in [-0.1, -0.05) is 0 Å². The predicted molar refractivity (Wildman–Crippen MR) is 131 cm³/mol. The molecule has 11 heteroatoms. The van der Waals surface area contributed by atoms with Gasteiger partial charge in [0.15, 0.2) is 5.82 Å². The second-order valence-electron chi connectivity index (χ2n) is 8.57. The molecule has 0 saturated carbocycles. The van der Waals surface area contributed by atoms with Crippen molar-refractivity contribution < 1.29 is 23.5 Å². The Kier molecular flexibility index (Phi) is 6.06. The van der Waals surface area contributed by atoms with Crippen molar-refractivity contribution in [3.05, 3.63) is 65.9 Å². The summed E-state index contributed by atoms with van der Waals surface area (Å²) in [4.78, 5) is 31.3. The largest absolute Gasteiger partial charge is 0.463 e. The smallest absolute Gasteiger partial charge is 0.432 e. The predicted octanol–water partition coefficient (Wildman–Crippen LogP) is 4.21. The number of nitrogens with one attached hydrogen (secondary N) is 1. The van der Waals surface area contributed by atoms with Crippen molar-refractivity contribution in [3.63, 3.8) is 0 Å². The number of carbonyl (C=O) groups excluding carboxylic acids is 1. The molecular weight excluding hydrogens is 470 g/mol. The van der Waals surface area contributed by atoms with Gasteiger partial charge >= 0.3 is 6.09 Å². The van der Waals surface area contributed by atoms with Gasteiger partial charge in [0.2, 0.25) is 0 Å². The lowest BCUT2D eigenvalue weighted by Crippen LogP contribution is -2.44. The first-order valence-electron chi connectivity index (χ1n) is 11.2. The molecule has 1 saturated heterocycles. The summed E-state index contributed by atoms with van der Waals surface area (Å²) in [5.41, 5.74) is 1.26. The van der Waals surface area contributed by atoms with Crippen LogP contribution in [0, 0.1) is 11.6 Å². The van der Waals surface area contributed by atoms with E-state index in [0.29, 0.717) is 17.4 Å². The van der Waals surface area contributed by atoms with Crippen molar-refractivity contribution >= 4 is 40.5 Å². The summed E-state index contributed by atoms with van der Waals surface area (Å²) < 4.78 is 29.9. The lowest BCUT2D eigenvalue weighted by Gasteiger charge is -2.34. The van der Waals surface area contributed by atoms with Gasteiger partial charge in [0.05, 0.1) is 17.5 Å². The number of halogens is 2. The third-order valence-electron chi connectivity index (χ3n) is 6.20. The summed E-state index contributed by atoms with van der Waals surface area (Å²) in [7, 11) is 2.09. The SMILES string of the molecule is CN1CCN(c2ccc(Nc3nn(C(=O)O)c4cnc(-c5c(F)cc(C=O)cc5F)cc34)cc2)CC1. The summed E-state index contributed by atoms with van der Waals surface area (Å²) in [5, 5.41) is 17.1. The highest BCUT2D eigenvalue weighted by Gasteiger charge is 2.20. The topological polar surface area (TPSA) is 104 Å². The summed E-state index contributed by atoms with van der Waals surface area (Å²) >= 11 is 0. The summed E-state index contributed by atoms with van der Waals surface area (Å²) in [6.07, 6.45) is 0.209. The number of hydrogen-bond acceptors (Lipinski definition) is 7. The number of fused-ring (bicyclic) bond motifs is 1. The summed E-state index contributed by atoms with van der Waals surface area (Å²) in [5.74, 6) is -1.72. The van der Waals surface area contributed by atoms with Crippen LogP contribution in [0.15, 0.2) is 48.7 Å². The Bertz CT molecular complexity index is 1440. The summed E-state index contributed by atoms with van der Waals surface area (Å²) in [6, 6.07) is 10.9. The normalized spacial score (nSPS) is 14.2. The molecule has 0 unspecified atom stereocenters. The van der Waals surface area contributed by atoms with E-state index in [1.54, 1.807) is 0 Å². The van der Waals surface area contributed by atoms with Crippen molar-refractivity contribution in [1.29, 1.82) is 0 Å². The molecule has 5 rings (SSSR count). The quantitative estimate of drug-likeness (QED) is 0.400. The van der Waals surface area contributed by atoms with E-state index in [0.717, 1.165) is 48.7 Å². The molecule has 1 aliphatic heterocycles. The van der Waals surface area contributed by atoms with Crippen LogP contribution in [0.4, 0.5) is 30.8 Å². The van der Waals surface area contributed by atoms with Crippen LogP contribution >= 0.6 is 0 Å². The van der Waals surface area contributed by atoms with Gasteiger partial charge < -0.3 is 20.2 Å². The van der Waals surface area contributed by atoms with E-state index in [2.05, 4.69) is 32.2 Å². The van der Waals surface area contributed by atoms with Gasteiger partial charge in [-0.05, 0) is 49.5 Å². The van der Waals surface area contributed by atoms with Crippen molar-refractivity contribution in [2.75, 3.05) is 43.4 Å². The fourth-order valence-electron chi connectivity index (χ4n) is 4.25. The average Bonchev–Trinajstić information content (AvgIpc) is 3.22. The molecule has 4 aromatic rings. The van der Waals surface area contributed by atoms with Crippen LogP contribution in [-0.4, -0.2) is 70.4 Å². The van der Waals surface area contributed by atoms with Gasteiger partial charge in [-0.15, -0.1) is 5.10 Å². The molecule has 0 aliphatic carbocycles. The number of aromatic nitrogens is 3. The minimum atomic E-state index is -1.33. The van der Waals surface area contributed by atoms with Crippen molar-refractivity contribution in [2.45, 2.75) is 0 Å². The van der Waals surface area contributed by atoms with Gasteiger partial charge in [0.25, 0.3) is 0 Å². The van der Waals surface area contributed by atoms with E-state index in [4.69, 9.17) is 0 Å². The first-order valence-corrected chi connectivity index (χ1v) is 11.2. The fraction of sp³-hybridized carbons (Fsp3) is 0.200. The van der Waals surface area contributed by atoms with E-state index in [1.165, 1.54) is 12.3 Å². The number of carboxylic acid groups (broad SMARTS) is 1. The number of aldehydes is 1. The highest BCUT2D eigenvalue weighted by molar-refractivity contribution is 5.97. The van der Waals surface area contributed by atoms with Crippen LogP contribution < -0.4 is 10.2 Å². The van der Waals surface area contributed by atoms with Crippen LogP contribution in [0.1, 0.15) is 10.4 Å². The maximum atomic E-state index is 14.6. The maximum Gasteiger partial charge on any atom is 0.432 e. The number of nitrogens with zero attached hydrogens (tertiary/aromatic N) is 5. The van der Waals surface area contributed by atoms with Crippen LogP contribution in [-0.2, 0) is 0 Å². The number of pyridine rings is 1. The molecule has 36 heavy (non-hydrogen) atoms. The summed E-state index contributed by atoms with van der Waals surface area (Å²) in [6.45, 7) is 3.81. The lowest BCUT2D eigenvalue weighted by atomic mass is 10.1. The van der Waals surface area contributed by atoms with Gasteiger partial charge in [-0.25, -0.2) is 13.6 Å². The van der Waals surface area contributed by atoms with Gasteiger partial charge in [0, 0.05) is 48.5 Å². The van der Waals surface area contributed by atoms with E-state index >= 15 is 0 Å². The third-order valence-corrected chi connectivity index (χ3v) is 6.20. The van der Waals surface area contributed by atoms with Crippen LogP contribution in [0.3, 0.4) is 0 Å². The molecule has 9 nitrogen and oxygen atoms in total. The van der Waals surface area contributed by atoms with E-state index in [9.17, 15) is 23.5 Å². The molecule has 1 aliphatic rings. The Hall–Kier alpha value is -4.38. The Balaban J connectivity index is 1.50. The van der Waals surface area contributed by atoms with E-state index in [1.807, 2.05) is 24.3 Å². The molecule has 0 amide bonds. The molecule has 1 fully saturated rings. The number of hydrogen-bond donors (Lipinski definition) is 2. The second kappa shape index (κ2) is 9.34. The number of rotatable bonds is 5. The fourth-order valence-corrected chi connectivity index (χ4v) is 4.25. The molecule has 0 spiro atoms. The zero-order chi connectivity index (χ0) is 25.4. The van der Waals surface area contributed by atoms with Crippen molar-refractivity contribution in [1.82, 2.24) is 19.7 Å². The monoisotopic (exact) mass is 492 g/mol. The van der Waals surface area contributed by atoms with Crippen molar-refractivity contribution in [3.8, 4) is 11.3 Å². The number of carbonyl (C=O) groups is 2. The number of benzene rings is 2. The van der Waals surface area contributed by atoms with Crippen LogP contribution in [0.5, 0.6) is 0 Å². The van der Waals surface area contributed by atoms with Gasteiger partial charge in [-0.3, -0.25) is 9.78 Å². The molecule has 2 aromatic heterocycles. The van der Waals surface area contributed by atoms with Crippen molar-refractivity contribution in [2.24, 2.45) is 0 Å². The third kappa shape index (κ3) is 4.36. The Labute approximate surface area is 204 Å². The molecule has 2 N–H and O–H groups in total. The highest BCUT2D eigenvalue weighted by atomic mass is 19.1. The molecule has 2 aromatic carbocycles. The van der Waals surface area contributed by atoms with Crippen LogP contribution in [0.2, 0.25) is 0 Å². The number of anilines is 3. The Morgan fingerprint density at radius 1 is 1.06 bits per heavy atom. The molecule has 0 bridgehead atoms. The second-order valence-corrected chi connectivity index (χ2v) is 8.57. The zero-order valence-electron chi connectivity index (χ0n) is 19.3. The van der Waals surface area contributed by atoms with Gasteiger partial charge in [-0.2, -0.15) is 4.68 Å². The maximum absolute atomic E-state index is 14.6.